The number of halogens is 3. The lowest BCUT2D eigenvalue weighted by molar-refractivity contribution is 0.0939. The number of carbonyl (C=O) groups excluding carboxylic acids is 1. The molecule has 0 bridgehead atoms. The van der Waals surface area contributed by atoms with Crippen molar-refractivity contribution in [2.75, 3.05) is 0 Å². The van der Waals surface area contributed by atoms with Crippen molar-refractivity contribution >= 4 is 5.91 Å². The minimum Gasteiger partial charge on any atom is -0.345 e. The maximum absolute atomic E-state index is 13.6. The van der Waals surface area contributed by atoms with E-state index in [1.165, 1.54) is 18.2 Å². The second-order valence-corrected chi connectivity index (χ2v) is 4.37. The van der Waals surface area contributed by atoms with Crippen LogP contribution in [-0.2, 0) is 0 Å². The van der Waals surface area contributed by atoms with Gasteiger partial charge in [0, 0.05) is 17.2 Å². The molecule has 2 nitrogen and oxygen atoms in total. The van der Waals surface area contributed by atoms with Crippen LogP contribution in [0.25, 0.3) is 0 Å². The molecule has 0 spiro atoms. The first-order valence-corrected chi connectivity index (χ1v) is 5.99. The van der Waals surface area contributed by atoms with Gasteiger partial charge >= 0.3 is 0 Å². The van der Waals surface area contributed by atoms with Gasteiger partial charge in [0.2, 0.25) is 0 Å². The van der Waals surface area contributed by atoms with Crippen molar-refractivity contribution in [2.24, 2.45) is 0 Å². The quantitative estimate of drug-likeness (QED) is 0.914. The standard InChI is InChI=1S/C15H12F3NO/c1-9(13-7-6-12(17)8-14(13)18)19-15(20)10-2-4-11(16)5-3-10/h2-9H,1H3,(H,19,20). The third-order valence-corrected chi connectivity index (χ3v) is 2.88. The zero-order valence-electron chi connectivity index (χ0n) is 10.7. The first-order valence-electron chi connectivity index (χ1n) is 5.99. The van der Waals surface area contributed by atoms with Gasteiger partial charge in [0.1, 0.15) is 17.5 Å². The van der Waals surface area contributed by atoms with Crippen LogP contribution >= 0.6 is 0 Å². The van der Waals surface area contributed by atoms with E-state index in [2.05, 4.69) is 5.32 Å². The van der Waals surface area contributed by atoms with Gasteiger partial charge in [-0.15, -0.1) is 0 Å². The van der Waals surface area contributed by atoms with E-state index in [0.717, 1.165) is 24.3 Å². The van der Waals surface area contributed by atoms with Crippen LogP contribution in [0.2, 0.25) is 0 Å². The molecule has 1 N–H and O–H groups in total. The first-order chi connectivity index (χ1) is 9.47. The second-order valence-electron chi connectivity index (χ2n) is 4.37. The molecule has 0 aliphatic carbocycles. The number of benzene rings is 2. The van der Waals surface area contributed by atoms with Crippen LogP contribution < -0.4 is 5.32 Å². The molecule has 0 aromatic heterocycles. The molecule has 0 heterocycles. The fourth-order valence-electron chi connectivity index (χ4n) is 1.81. The van der Waals surface area contributed by atoms with E-state index in [9.17, 15) is 18.0 Å². The van der Waals surface area contributed by atoms with Gasteiger partial charge in [0.25, 0.3) is 5.91 Å². The molecule has 0 aliphatic heterocycles. The molecule has 1 amide bonds. The van der Waals surface area contributed by atoms with Gasteiger partial charge in [-0.1, -0.05) is 6.07 Å². The van der Waals surface area contributed by atoms with Gasteiger partial charge in [-0.3, -0.25) is 4.79 Å². The molecule has 2 rings (SSSR count). The highest BCUT2D eigenvalue weighted by molar-refractivity contribution is 5.94. The summed E-state index contributed by atoms with van der Waals surface area (Å²) < 4.78 is 39.1. The van der Waals surface area contributed by atoms with E-state index < -0.39 is 29.4 Å². The molecular formula is C15H12F3NO. The van der Waals surface area contributed by atoms with Gasteiger partial charge in [-0.2, -0.15) is 0 Å². The van der Waals surface area contributed by atoms with Gasteiger partial charge in [-0.05, 0) is 37.3 Å². The van der Waals surface area contributed by atoms with Gasteiger partial charge < -0.3 is 5.32 Å². The highest BCUT2D eigenvalue weighted by Gasteiger charge is 2.15. The second kappa shape index (κ2) is 5.77. The van der Waals surface area contributed by atoms with Crippen LogP contribution in [0.3, 0.4) is 0 Å². The maximum Gasteiger partial charge on any atom is 0.251 e. The molecule has 0 saturated heterocycles. The minimum atomic E-state index is -0.725. The Labute approximate surface area is 114 Å². The van der Waals surface area contributed by atoms with E-state index in [1.54, 1.807) is 6.92 Å². The number of hydrogen-bond donors (Lipinski definition) is 1. The molecule has 0 aliphatic rings. The van der Waals surface area contributed by atoms with Crippen molar-refractivity contribution in [1.29, 1.82) is 0 Å². The molecular weight excluding hydrogens is 267 g/mol. The number of rotatable bonds is 3. The van der Waals surface area contributed by atoms with E-state index in [4.69, 9.17) is 0 Å². The van der Waals surface area contributed by atoms with Crippen molar-refractivity contribution < 1.29 is 18.0 Å². The Kier molecular flexibility index (Phi) is 4.08. The van der Waals surface area contributed by atoms with Crippen molar-refractivity contribution in [3.63, 3.8) is 0 Å². The molecule has 2 aromatic rings. The zero-order chi connectivity index (χ0) is 14.7. The summed E-state index contributed by atoms with van der Waals surface area (Å²) in [5, 5.41) is 2.57. The topological polar surface area (TPSA) is 29.1 Å². The Hall–Kier alpha value is -2.30. The molecule has 0 saturated carbocycles. The lowest BCUT2D eigenvalue weighted by Gasteiger charge is -2.15. The smallest absolute Gasteiger partial charge is 0.251 e. The molecule has 0 fully saturated rings. The van der Waals surface area contributed by atoms with Crippen LogP contribution in [0.15, 0.2) is 42.5 Å². The minimum absolute atomic E-state index is 0.182. The van der Waals surface area contributed by atoms with Crippen LogP contribution in [0.5, 0.6) is 0 Å². The molecule has 20 heavy (non-hydrogen) atoms. The molecule has 0 radical (unpaired) electrons. The Morgan fingerprint density at radius 2 is 1.60 bits per heavy atom. The largest absolute Gasteiger partial charge is 0.345 e. The zero-order valence-corrected chi connectivity index (χ0v) is 10.7. The summed E-state index contributed by atoms with van der Waals surface area (Å²) in [4.78, 5) is 11.9. The lowest BCUT2D eigenvalue weighted by Crippen LogP contribution is -2.27. The Balaban J connectivity index is 2.12. The monoisotopic (exact) mass is 279 g/mol. The van der Waals surface area contributed by atoms with Gasteiger partial charge in [0.15, 0.2) is 0 Å². The average Bonchev–Trinajstić information content (AvgIpc) is 2.39. The summed E-state index contributed by atoms with van der Waals surface area (Å²) in [7, 11) is 0. The third-order valence-electron chi connectivity index (χ3n) is 2.88. The molecule has 104 valence electrons. The van der Waals surface area contributed by atoms with Crippen LogP contribution in [0.4, 0.5) is 13.2 Å². The van der Waals surface area contributed by atoms with Crippen LogP contribution in [-0.4, -0.2) is 5.91 Å². The van der Waals surface area contributed by atoms with Crippen molar-refractivity contribution in [3.8, 4) is 0 Å². The van der Waals surface area contributed by atoms with E-state index in [0.29, 0.717) is 0 Å². The molecule has 2 aromatic carbocycles. The number of carbonyl (C=O) groups is 1. The van der Waals surface area contributed by atoms with Gasteiger partial charge in [-0.25, -0.2) is 13.2 Å². The van der Waals surface area contributed by atoms with E-state index >= 15 is 0 Å². The fraction of sp³-hybridized carbons (Fsp3) is 0.133. The van der Waals surface area contributed by atoms with Crippen molar-refractivity contribution in [3.05, 3.63) is 71.0 Å². The Morgan fingerprint density at radius 1 is 1.00 bits per heavy atom. The van der Waals surface area contributed by atoms with Crippen LogP contribution in [0, 0.1) is 17.5 Å². The number of nitrogens with one attached hydrogen (secondary N) is 1. The average molecular weight is 279 g/mol. The van der Waals surface area contributed by atoms with Gasteiger partial charge in [0.05, 0.1) is 6.04 Å². The normalized spacial score (nSPS) is 12.0. The summed E-state index contributed by atoms with van der Waals surface area (Å²) in [6.07, 6.45) is 0. The lowest BCUT2D eigenvalue weighted by atomic mass is 10.1. The number of amides is 1. The highest BCUT2D eigenvalue weighted by atomic mass is 19.1. The predicted molar refractivity (Wildman–Crippen MR) is 68.6 cm³/mol. The van der Waals surface area contributed by atoms with Crippen molar-refractivity contribution in [1.82, 2.24) is 5.32 Å². The predicted octanol–water partition coefficient (Wildman–Crippen LogP) is 3.59. The van der Waals surface area contributed by atoms with Crippen LogP contribution in [0.1, 0.15) is 28.9 Å². The SMILES string of the molecule is CC(NC(=O)c1ccc(F)cc1)c1ccc(F)cc1F. The summed E-state index contributed by atoms with van der Waals surface area (Å²) >= 11 is 0. The maximum atomic E-state index is 13.6. The molecule has 1 atom stereocenters. The molecule has 5 heteroatoms. The molecule has 1 unspecified atom stereocenters. The van der Waals surface area contributed by atoms with E-state index in [-0.39, 0.29) is 11.1 Å². The first kappa shape index (κ1) is 14.1. The fourth-order valence-corrected chi connectivity index (χ4v) is 1.81. The Morgan fingerprint density at radius 3 is 2.20 bits per heavy atom. The summed E-state index contributed by atoms with van der Waals surface area (Å²) in [6, 6.07) is 7.52. The third kappa shape index (κ3) is 3.17. The van der Waals surface area contributed by atoms with E-state index in [1.807, 2.05) is 0 Å². The summed E-state index contributed by atoms with van der Waals surface area (Å²) in [5.74, 6) is -2.30. The Bertz CT molecular complexity index is 626. The summed E-state index contributed by atoms with van der Waals surface area (Å²) in [6.45, 7) is 1.58. The highest BCUT2D eigenvalue weighted by Crippen LogP contribution is 2.18. The number of hydrogen-bond acceptors (Lipinski definition) is 1. The summed E-state index contributed by atoms with van der Waals surface area (Å²) in [5.41, 5.74) is 0.447. The van der Waals surface area contributed by atoms with Crippen molar-refractivity contribution in [2.45, 2.75) is 13.0 Å².